The van der Waals surface area contributed by atoms with E-state index in [0.717, 1.165) is 0 Å². The Morgan fingerprint density at radius 3 is 3.06 bits per heavy atom. The topological polar surface area (TPSA) is 62.1 Å². The van der Waals surface area contributed by atoms with Crippen molar-refractivity contribution in [3.05, 3.63) is 28.5 Å². The first-order valence-corrected chi connectivity index (χ1v) is 5.14. The third-order valence-electron chi connectivity index (χ3n) is 1.62. The minimum Gasteiger partial charge on any atom is -0.482 e. The second-order valence-corrected chi connectivity index (χ2v) is 3.65. The van der Waals surface area contributed by atoms with Crippen LogP contribution in [0.3, 0.4) is 0 Å². The Hall–Kier alpha value is -1.61. The molecule has 1 amide bonds. The Morgan fingerprint density at radius 2 is 2.38 bits per heavy atom. The fraction of sp³-hybridized carbons (Fsp3) is 0.200. The van der Waals surface area contributed by atoms with Gasteiger partial charge in [0.25, 0.3) is 5.91 Å². The largest absolute Gasteiger partial charge is 0.482 e. The molecule has 0 fully saturated rings. The van der Waals surface area contributed by atoms with Crippen LogP contribution in [0.4, 0.5) is 4.39 Å². The van der Waals surface area contributed by atoms with Gasteiger partial charge in [0.1, 0.15) is 18.1 Å². The third-order valence-corrected chi connectivity index (χ3v) is 2.27. The minimum absolute atomic E-state index is 0.0769. The summed E-state index contributed by atoms with van der Waals surface area (Å²) in [5.74, 6) is -0.638. The Morgan fingerprint density at radius 1 is 1.62 bits per heavy atom. The number of nitrogens with one attached hydrogen (secondary N) is 1. The molecule has 0 heterocycles. The van der Waals surface area contributed by atoms with E-state index < -0.39 is 11.7 Å². The minimum atomic E-state index is -0.448. The van der Waals surface area contributed by atoms with E-state index >= 15 is 0 Å². The number of amides is 1. The number of hydrogen-bond donors (Lipinski definition) is 1. The Bertz CT molecular complexity index is 431. The summed E-state index contributed by atoms with van der Waals surface area (Å²) in [6, 6.07) is 5.68. The first kappa shape index (κ1) is 12.5. The summed E-state index contributed by atoms with van der Waals surface area (Å²) in [7, 11) is 0. The molecule has 0 unspecified atom stereocenters. The maximum absolute atomic E-state index is 12.8. The average molecular weight is 287 g/mol. The van der Waals surface area contributed by atoms with E-state index in [1.54, 1.807) is 6.07 Å². The highest BCUT2D eigenvalue weighted by atomic mass is 79.9. The zero-order valence-corrected chi connectivity index (χ0v) is 9.75. The van der Waals surface area contributed by atoms with E-state index in [9.17, 15) is 9.18 Å². The fourth-order valence-electron chi connectivity index (χ4n) is 0.920. The van der Waals surface area contributed by atoms with Gasteiger partial charge < -0.3 is 10.1 Å². The summed E-state index contributed by atoms with van der Waals surface area (Å²) in [4.78, 5) is 11.1. The summed E-state index contributed by atoms with van der Waals surface area (Å²) in [5.41, 5.74) is 0. The van der Waals surface area contributed by atoms with E-state index in [4.69, 9.17) is 10.00 Å². The van der Waals surface area contributed by atoms with E-state index in [-0.39, 0.29) is 18.9 Å². The number of nitrogens with zero attached hydrogens (tertiary/aromatic N) is 1. The van der Waals surface area contributed by atoms with E-state index in [1.165, 1.54) is 18.2 Å². The Labute approximate surface area is 100 Å². The third kappa shape index (κ3) is 3.87. The number of nitriles is 1. The first-order chi connectivity index (χ1) is 7.63. The van der Waals surface area contributed by atoms with Crippen molar-refractivity contribution in [2.75, 3.05) is 13.2 Å². The molecule has 0 spiro atoms. The normalized spacial score (nSPS) is 9.31. The predicted octanol–water partition coefficient (Wildman–Crippen LogP) is 1.61. The molecule has 0 bridgehead atoms. The van der Waals surface area contributed by atoms with Crippen molar-refractivity contribution in [2.45, 2.75) is 0 Å². The van der Waals surface area contributed by atoms with Gasteiger partial charge in [0.2, 0.25) is 0 Å². The molecular weight excluding hydrogens is 279 g/mol. The molecule has 0 aromatic heterocycles. The molecule has 1 aromatic rings. The highest BCUT2D eigenvalue weighted by Crippen LogP contribution is 2.25. The average Bonchev–Trinajstić information content (AvgIpc) is 2.27. The number of rotatable bonds is 4. The van der Waals surface area contributed by atoms with Crippen LogP contribution >= 0.6 is 15.9 Å². The van der Waals surface area contributed by atoms with E-state index in [0.29, 0.717) is 4.47 Å². The smallest absolute Gasteiger partial charge is 0.258 e. The predicted molar refractivity (Wildman–Crippen MR) is 58.2 cm³/mol. The number of hydrogen-bond acceptors (Lipinski definition) is 3. The molecule has 0 aliphatic carbocycles. The van der Waals surface area contributed by atoms with Crippen molar-refractivity contribution >= 4 is 21.8 Å². The molecule has 1 rings (SSSR count). The van der Waals surface area contributed by atoms with Crippen LogP contribution < -0.4 is 10.1 Å². The van der Waals surface area contributed by atoms with Crippen molar-refractivity contribution in [1.29, 1.82) is 5.26 Å². The lowest BCUT2D eigenvalue weighted by Crippen LogP contribution is -2.29. The van der Waals surface area contributed by atoms with Crippen molar-refractivity contribution in [2.24, 2.45) is 0 Å². The van der Waals surface area contributed by atoms with Crippen molar-refractivity contribution in [1.82, 2.24) is 5.32 Å². The molecule has 4 nitrogen and oxygen atoms in total. The quantitative estimate of drug-likeness (QED) is 0.856. The zero-order chi connectivity index (χ0) is 12.0. The van der Waals surface area contributed by atoms with Crippen molar-refractivity contribution in [3.63, 3.8) is 0 Å². The first-order valence-electron chi connectivity index (χ1n) is 4.35. The van der Waals surface area contributed by atoms with Crippen LogP contribution in [0.1, 0.15) is 0 Å². The van der Waals surface area contributed by atoms with Gasteiger partial charge in [-0.2, -0.15) is 5.26 Å². The SMILES string of the molecule is N#CCNC(=O)COc1cc(F)ccc1Br. The van der Waals surface area contributed by atoms with Gasteiger partial charge in [-0.1, -0.05) is 0 Å². The van der Waals surface area contributed by atoms with Crippen LogP contribution in [0.2, 0.25) is 0 Å². The Balaban J connectivity index is 2.51. The summed E-state index contributed by atoms with van der Waals surface area (Å²) >= 11 is 3.16. The van der Waals surface area contributed by atoms with Crippen LogP contribution in [0.5, 0.6) is 5.75 Å². The summed E-state index contributed by atoms with van der Waals surface area (Å²) < 4.78 is 18.5. The van der Waals surface area contributed by atoms with Gasteiger partial charge in [-0.05, 0) is 28.1 Å². The van der Waals surface area contributed by atoms with Crippen LogP contribution in [-0.4, -0.2) is 19.1 Å². The van der Waals surface area contributed by atoms with Gasteiger partial charge in [-0.3, -0.25) is 4.79 Å². The summed E-state index contributed by atoms with van der Waals surface area (Å²) in [5, 5.41) is 10.5. The molecule has 1 N–H and O–H groups in total. The molecule has 0 saturated carbocycles. The maximum atomic E-state index is 12.8. The van der Waals surface area contributed by atoms with Gasteiger partial charge in [-0.15, -0.1) is 0 Å². The molecule has 0 atom stereocenters. The molecule has 0 saturated heterocycles. The highest BCUT2D eigenvalue weighted by Gasteiger charge is 2.06. The van der Waals surface area contributed by atoms with Crippen molar-refractivity contribution < 1.29 is 13.9 Å². The molecule has 0 aliphatic heterocycles. The monoisotopic (exact) mass is 286 g/mol. The van der Waals surface area contributed by atoms with Gasteiger partial charge in [-0.25, -0.2) is 4.39 Å². The summed E-state index contributed by atoms with van der Waals surface area (Å²) in [6.07, 6.45) is 0. The number of carbonyl (C=O) groups excluding carboxylic acids is 1. The van der Waals surface area contributed by atoms with Gasteiger partial charge in [0, 0.05) is 6.07 Å². The molecule has 0 aliphatic rings. The van der Waals surface area contributed by atoms with Crippen molar-refractivity contribution in [3.8, 4) is 11.8 Å². The Kier molecular flexibility index (Phi) is 4.73. The van der Waals surface area contributed by atoms with E-state index in [2.05, 4.69) is 21.2 Å². The fourth-order valence-corrected chi connectivity index (χ4v) is 1.28. The second kappa shape index (κ2) is 6.08. The number of halogens is 2. The van der Waals surface area contributed by atoms with Gasteiger partial charge in [0.15, 0.2) is 6.61 Å². The molecule has 84 valence electrons. The zero-order valence-electron chi connectivity index (χ0n) is 8.17. The summed E-state index contributed by atoms with van der Waals surface area (Å²) in [6.45, 7) is -0.337. The lowest BCUT2D eigenvalue weighted by Gasteiger charge is -2.07. The molecular formula is C10H8BrFN2O2. The second-order valence-electron chi connectivity index (χ2n) is 2.80. The highest BCUT2D eigenvalue weighted by molar-refractivity contribution is 9.10. The molecule has 1 aromatic carbocycles. The van der Waals surface area contributed by atoms with Crippen LogP contribution in [0.25, 0.3) is 0 Å². The van der Waals surface area contributed by atoms with Crippen LogP contribution in [-0.2, 0) is 4.79 Å². The molecule has 16 heavy (non-hydrogen) atoms. The lowest BCUT2D eigenvalue weighted by atomic mass is 10.3. The molecule has 6 heteroatoms. The maximum Gasteiger partial charge on any atom is 0.258 e. The van der Waals surface area contributed by atoms with Crippen LogP contribution in [0.15, 0.2) is 22.7 Å². The van der Waals surface area contributed by atoms with E-state index in [1.807, 2.05) is 0 Å². The number of carbonyl (C=O) groups is 1. The van der Waals surface area contributed by atoms with Gasteiger partial charge >= 0.3 is 0 Å². The lowest BCUT2D eigenvalue weighted by molar-refractivity contribution is -0.122. The number of ether oxygens (including phenoxy) is 1. The number of benzene rings is 1. The molecule has 0 radical (unpaired) electrons. The standard InChI is InChI=1S/C10H8BrFN2O2/c11-8-2-1-7(12)5-9(8)16-6-10(15)14-4-3-13/h1-2,5H,4,6H2,(H,14,15). The van der Waals surface area contributed by atoms with Crippen LogP contribution in [0, 0.1) is 17.1 Å². The van der Waals surface area contributed by atoms with Gasteiger partial charge in [0.05, 0.1) is 10.5 Å².